The SMILES string of the molecule is COc1ccc(C[NH2+]Cc2cc(Br)cc(Br)c2OC)cc1. The van der Waals surface area contributed by atoms with Gasteiger partial charge in [-0.25, -0.2) is 0 Å². The van der Waals surface area contributed by atoms with Crippen LogP contribution in [-0.4, -0.2) is 14.2 Å². The molecule has 2 rings (SSSR count). The third-order valence-electron chi connectivity index (χ3n) is 3.19. The van der Waals surface area contributed by atoms with Crippen molar-refractivity contribution in [3.05, 3.63) is 56.5 Å². The largest absolute Gasteiger partial charge is 0.497 e. The van der Waals surface area contributed by atoms with Crippen molar-refractivity contribution in [2.45, 2.75) is 13.1 Å². The number of benzene rings is 2. The van der Waals surface area contributed by atoms with Gasteiger partial charge in [0.2, 0.25) is 0 Å². The summed E-state index contributed by atoms with van der Waals surface area (Å²) in [5.41, 5.74) is 2.43. The van der Waals surface area contributed by atoms with Crippen LogP contribution in [-0.2, 0) is 13.1 Å². The van der Waals surface area contributed by atoms with Gasteiger partial charge in [-0.2, -0.15) is 0 Å². The zero-order valence-electron chi connectivity index (χ0n) is 12.0. The fraction of sp³-hybridized carbons (Fsp3) is 0.250. The van der Waals surface area contributed by atoms with Crippen LogP contribution >= 0.6 is 31.9 Å². The number of ether oxygens (including phenoxy) is 2. The van der Waals surface area contributed by atoms with Gasteiger partial charge in [-0.1, -0.05) is 15.9 Å². The van der Waals surface area contributed by atoms with Crippen LogP contribution in [0.3, 0.4) is 0 Å². The zero-order valence-corrected chi connectivity index (χ0v) is 15.2. The molecule has 0 aliphatic carbocycles. The molecule has 0 aliphatic rings. The van der Waals surface area contributed by atoms with Crippen LogP contribution in [0.15, 0.2) is 45.3 Å². The number of nitrogens with two attached hydrogens (primary N) is 1. The number of quaternary nitrogens is 1. The molecule has 0 fully saturated rings. The minimum atomic E-state index is 0.854. The van der Waals surface area contributed by atoms with Gasteiger partial charge >= 0.3 is 0 Å². The molecule has 0 bridgehead atoms. The smallest absolute Gasteiger partial charge is 0.141 e. The topological polar surface area (TPSA) is 35.1 Å². The van der Waals surface area contributed by atoms with Gasteiger partial charge in [0.15, 0.2) is 0 Å². The van der Waals surface area contributed by atoms with Gasteiger partial charge in [-0.3, -0.25) is 0 Å². The number of rotatable bonds is 6. The monoisotopic (exact) mass is 414 g/mol. The summed E-state index contributed by atoms with van der Waals surface area (Å²) in [6.07, 6.45) is 0. The molecule has 3 nitrogen and oxygen atoms in total. The summed E-state index contributed by atoms with van der Waals surface area (Å²) < 4.78 is 12.6. The molecule has 0 atom stereocenters. The molecule has 2 N–H and O–H groups in total. The number of hydrogen-bond donors (Lipinski definition) is 1. The van der Waals surface area contributed by atoms with Crippen molar-refractivity contribution in [2.24, 2.45) is 0 Å². The lowest BCUT2D eigenvalue weighted by Crippen LogP contribution is -2.80. The number of hydrogen-bond acceptors (Lipinski definition) is 2. The fourth-order valence-corrected chi connectivity index (χ4v) is 3.63. The highest BCUT2D eigenvalue weighted by Gasteiger charge is 2.10. The first kappa shape index (κ1) is 16.3. The van der Waals surface area contributed by atoms with Crippen LogP contribution < -0.4 is 14.8 Å². The molecule has 21 heavy (non-hydrogen) atoms. The molecule has 112 valence electrons. The Morgan fingerprint density at radius 3 is 2.29 bits per heavy atom. The maximum atomic E-state index is 5.46. The molecule has 0 saturated heterocycles. The summed E-state index contributed by atoms with van der Waals surface area (Å²) in [5.74, 6) is 1.78. The standard InChI is InChI=1S/C16H17Br2NO2/c1-20-14-5-3-11(4-6-14)9-19-10-12-7-13(17)8-15(18)16(12)21-2/h3-8,19H,9-10H2,1-2H3/p+1. The molecule has 0 spiro atoms. The van der Waals surface area contributed by atoms with Crippen molar-refractivity contribution < 1.29 is 14.8 Å². The Hall–Kier alpha value is -1.04. The van der Waals surface area contributed by atoms with Crippen molar-refractivity contribution in [2.75, 3.05) is 14.2 Å². The van der Waals surface area contributed by atoms with Gasteiger partial charge in [-0.15, -0.1) is 0 Å². The predicted octanol–water partition coefficient (Wildman–Crippen LogP) is 3.49. The Kier molecular flexibility index (Phi) is 6.08. The summed E-state index contributed by atoms with van der Waals surface area (Å²) in [6.45, 7) is 1.77. The van der Waals surface area contributed by atoms with Crippen LogP contribution in [0.4, 0.5) is 0 Å². The Bertz CT molecular complexity index is 600. The molecule has 2 aromatic carbocycles. The van der Waals surface area contributed by atoms with Crippen molar-refractivity contribution in [1.29, 1.82) is 0 Å². The highest BCUT2D eigenvalue weighted by Crippen LogP contribution is 2.32. The molecule has 2 aromatic rings. The van der Waals surface area contributed by atoms with Gasteiger partial charge in [0.1, 0.15) is 24.6 Å². The second-order valence-corrected chi connectivity index (χ2v) is 6.39. The van der Waals surface area contributed by atoms with E-state index in [1.54, 1.807) is 14.2 Å². The molecule has 0 heterocycles. The lowest BCUT2D eigenvalue weighted by Gasteiger charge is -2.10. The quantitative estimate of drug-likeness (QED) is 0.783. The first-order valence-corrected chi connectivity index (χ1v) is 8.19. The van der Waals surface area contributed by atoms with Crippen molar-refractivity contribution in [3.63, 3.8) is 0 Å². The van der Waals surface area contributed by atoms with Crippen LogP contribution in [0.1, 0.15) is 11.1 Å². The summed E-state index contributed by atoms with van der Waals surface area (Å²) in [4.78, 5) is 0. The molecular formula is C16H18Br2NO2+. The average Bonchev–Trinajstić information content (AvgIpc) is 2.47. The summed E-state index contributed by atoms with van der Waals surface area (Å²) in [6, 6.07) is 12.2. The first-order valence-electron chi connectivity index (χ1n) is 6.60. The third kappa shape index (κ3) is 4.46. The Morgan fingerprint density at radius 2 is 1.67 bits per heavy atom. The fourth-order valence-electron chi connectivity index (χ4n) is 2.15. The minimum Gasteiger partial charge on any atom is -0.497 e. The summed E-state index contributed by atoms with van der Waals surface area (Å²) in [7, 11) is 3.37. The van der Waals surface area contributed by atoms with E-state index in [9.17, 15) is 0 Å². The molecule has 0 aromatic heterocycles. The predicted molar refractivity (Wildman–Crippen MR) is 90.7 cm³/mol. The Balaban J connectivity index is 1.99. The highest BCUT2D eigenvalue weighted by molar-refractivity contribution is 9.11. The Labute approximate surface area is 141 Å². The molecular weight excluding hydrogens is 398 g/mol. The maximum Gasteiger partial charge on any atom is 0.141 e. The second kappa shape index (κ2) is 7.82. The van der Waals surface area contributed by atoms with E-state index in [1.807, 2.05) is 18.2 Å². The summed E-state index contributed by atoms with van der Waals surface area (Å²) in [5, 5.41) is 2.25. The van der Waals surface area contributed by atoms with Gasteiger partial charge in [0.25, 0.3) is 0 Å². The maximum absolute atomic E-state index is 5.46. The molecule has 0 unspecified atom stereocenters. The van der Waals surface area contributed by atoms with Crippen LogP contribution in [0, 0.1) is 0 Å². The molecule has 5 heteroatoms. The zero-order chi connectivity index (χ0) is 15.2. The van der Waals surface area contributed by atoms with E-state index in [2.05, 4.69) is 55.4 Å². The minimum absolute atomic E-state index is 0.854. The number of halogens is 2. The Morgan fingerprint density at radius 1 is 0.952 bits per heavy atom. The lowest BCUT2D eigenvalue weighted by atomic mass is 10.2. The van der Waals surface area contributed by atoms with E-state index >= 15 is 0 Å². The van der Waals surface area contributed by atoms with Crippen molar-refractivity contribution >= 4 is 31.9 Å². The first-order chi connectivity index (χ1) is 10.1. The van der Waals surface area contributed by atoms with Gasteiger partial charge in [0.05, 0.1) is 24.3 Å². The van der Waals surface area contributed by atoms with E-state index in [4.69, 9.17) is 9.47 Å². The average molecular weight is 416 g/mol. The van der Waals surface area contributed by atoms with Crippen LogP contribution in [0.2, 0.25) is 0 Å². The molecule has 0 radical (unpaired) electrons. The highest BCUT2D eigenvalue weighted by atomic mass is 79.9. The second-order valence-electron chi connectivity index (χ2n) is 4.62. The van der Waals surface area contributed by atoms with E-state index in [-0.39, 0.29) is 0 Å². The van der Waals surface area contributed by atoms with Crippen LogP contribution in [0.5, 0.6) is 11.5 Å². The van der Waals surface area contributed by atoms with E-state index in [0.717, 1.165) is 39.1 Å². The van der Waals surface area contributed by atoms with E-state index in [0.29, 0.717) is 0 Å². The normalized spacial score (nSPS) is 10.5. The number of methoxy groups -OCH3 is 2. The molecule has 0 amide bonds. The molecule has 0 aliphatic heterocycles. The summed E-state index contributed by atoms with van der Waals surface area (Å²) >= 11 is 7.04. The lowest BCUT2D eigenvalue weighted by molar-refractivity contribution is -0.686. The van der Waals surface area contributed by atoms with Crippen molar-refractivity contribution in [3.8, 4) is 11.5 Å². The van der Waals surface area contributed by atoms with E-state index in [1.165, 1.54) is 5.56 Å². The van der Waals surface area contributed by atoms with Gasteiger partial charge in [-0.05, 0) is 52.3 Å². The molecule has 0 saturated carbocycles. The van der Waals surface area contributed by atoms with Crippen LogP contribution in [0.25, 0.3) is 0 Å². The van der Waals surface area contributed by atoms with Gasteiger partial charge < -0.3 is 14.8 Å². The van der Waals surface area contributed by atoms with Gasteiger partial charge in [0, 0.05) is 10.0 Å². The third-order valence-corrected chi connectivity index (χ3v) is 4.24. The van der Waals surface area contributed by atoms with Crippen molar-refractivity contribution in [1.82, 2.24) is 0 Å². The van der Waals surface area contributed by atoms with E-state index < -0.39 is 0 Å².